The first-order valence-corrected chi connectivity index (χ1v) is 8.87. The predicted octanol–water partition coefficient (Wildman–Crippen LogP) is 0.263. The van der Waals surface area contributed by atoms with Crippen LogP contribution in [0.25, 0.3) is 0 Å². The van der Waals surface area contributed by atoms with Crippen LogP contribution in [0.2, 0.25) is 0 Å². The van der Waals surface area contributed by atoms with E-state index < -0.39 is 28.2 Å². The van der Waals surface area contributed by atoms with Crippen LogP contribution in [0.4, 0.5) is 0 Å². The molecule has 7 nitrogen and oxygen atoms in total. The van der Waals surface area contributed by atoms with Crippen molar-refractivity contribution in [2.75, 3.05) is 20.1 Å². The average molecular weight is 320 g/mol. The van der Waals surface area contributed by atoms with Gasteiger partial charge in [0, 0.05) is 20.1 Å². The highest BCUT2D eigenvalue weighted by molar-refractivity contribution is 7.86. The van der Waals surface area contributed by atoms with Gasteiger partial charge in [0.05, 0.1) is 18.1 Å². The van der Waals surface area contributed by atoms with Gasteiger partial charge >= 0.3 is 5.97 Å². The molecule has 8 heteroatoms. The summed E-state index contributed by atoms with van der Waals surface area (Å²) in [5.41, 5.74) is 0. The Morgan fingerprint density at radius 1 is 1.14 bits per heavy atom. The summed E-state index contributed by atoms with van der Waals surface area (Å²) in [6.07, 6.45) is 3.22. The number of rotatable bonds is 4. The van der Waals surface area contributed by atoms with Crippen LogP contribution >= 0.6 is 0 Å². The van der Waals surface area contributed by atoms with Crippen LogP contribution in [0.15, 0.2) is 0 Å². The van der Waals surface area contributed by atoms with E-state index in [-0.39, 0.29) is 19.1 Å². The number of aliphatic carboxylic acids is 1. The lowest BCUT2D eigenvalue weighted by Crippen LogP contribution is -2.53. The molecule has 21 heavy (non-hydrogen) atoms. The zero-order valence-corrected chi connectivity index (χ0v) is 13.1. The average Bonchev–Trinajstić information content (AvgIpc) is 2.47. The first kappa shape index (κ1) is 16.7. The fraction of sp³-hybridized carbons (Fsp3) is 0.923. The molecule has 2 unspecified atom stereocenters. The Balaban J connectivity index is 2.02. The summed E-state index contributed by atoms with van der Waals surface area (Å²) in [4.78, 5) is 10.9. The highest BCUT2D eigenvalue weighted by Gasteiger charge is 2.38. The van der Waals surface area contributed by atoms with E-state index in [1.165, 1.54) is 15.7 Å². The van der Waals surface area contributed by atoms with Crippen LogP contribution in [0.3, 0.4) is 0 Å². The minimum atomic E-state index is -3.63. The van der Waals surface area contributed by atoms with Gasteiger partial charge in [-0.05, 0) is 25.7 Å². The Kier molecular flexibility index (Phi) is 5.24. The van der Waals surface area contributed by atoms with Crippen molar-refractivity contribution in [2.24, 2.45) is 5.92 Å². The van der Waals surface area contributed by atoms with Gasteiger partial charge in [0.2, 0.25) is 0 Å². The molecule has 122 valence electrons. The Hall–Kier alpha value is -0.700. The molecule has 2 atom stereocenters. The van der Waals surface area contributed by atoms with Crippen molar-refractivity contribution in [3.8, 4) is 0 Å². The van der Waals surface area contributed by atoms with Crippen molar-refractivity contribution in [3.63, 3.8) is 0 Å². The number of likely N-dealkylation sites (N-methyl/N-ethyl adjacent to an activating group) is 1. The minimum Gasteiger partial charge on any atom is -0.481 e. The van der Waals surface area contributed by atoms with E-state index in [0.717, 1.165) is 12.8 Å². The summed E-state index contributed by atoms with van der Waals surface area (Å²) in [6, 6.07) is -0.374. The Bertz CT molecular complexity index is 473. The van der Waals surface area contributed by atoms with E-state index in [0.29, 0.717) is 25.7 Å². The van der Waals surface area contributed by atoms with Crippen molar-refractivity contribution < 1.29 is 23.4 Å². The molecule has 0 aromatic heterocycles. The van der Waals surface area contributed by atoms with Crippen LogP contribution in [0.1, 0.15) is 38.5 Å². The van der Waals surface area contributed by atoms with Gasteiger partial charge in [0.25, 0.3) is 10.2 Å². The van der Waals surface area contributed by atoms with Gasteiger partial charge in [0.15, 0.2) is 0 Å². The smallest absolute Gasteiger partial charge is 0.306 e. The first-order valence-electron chi connectivity index (χ1n) is 7.48. The Morgan fingerprint density at radius 2 is 1.71 bits per heavy atom. The van der Waals surface area contributed by atoms with Gasteiger partial charge in [-0.15, -0.1) is 0 Å². The molecule has 0 aromatic rings. The topological polar surface area (TPSA) is 98.2 Å². The third-order valence-electron chi connectivity index (χ3n) is 4.65. The lowest BCUT2D eigenvalue weighted by atomic mass is 9.93. The predicted molar refractivity (Wildman–Crippen MR) is 76.9 cm³/mol. The number of hydrogen-bond acceptors (Lipinski definition) is 4. The summed E-state index contributed by atoms with van der Waals surface area (Å²) in [5, 5.41) is 19.0. The Labute approximate surface area is 125 Å². The molecule has 2 rings (SSSR count). The molecule has 1 saturated heterocycles. The van der Waals surface area contributed by atoms with Crippen molar-refractivity contribution >= 4 is 16.2 Å². The summed E-state index contributed by atoms with van der Waals surface area (Å²) >= 11 is 0. The van der Waals surface area contributed by atoms with Crippen LogP contribution in [-0.2, 0) is 15.0 Å². The zero-order chi connectivity index (χ0) is 15.6. The fourth-order valence-electron chi connectivity index (χ4n) is 3.20. The van der Waals surface area contributed by atoms with E-state index in [1.807, 2.05) is 0 Å². The van der Waals surface area contributed by atoms with E-state index in [4.69, 9.17) is 5.11 Å². The molecular weight excluding hydrogens is 296 g/mol. The maximum absolute atomic E-state index is 12.6. The molecule has 0 aromatic carbocycles. The van der Waals surface area contributed by atoms with Gasteiger partial charge in [-0.3, -0.25) is 4.79 Å². The maximum atomic E-state index is 12.6. The molecule has 0 radical (unpaired) electrons. The summed E-state index contributed by atoms with van der Waals surface area (Å²) in [5.74, 6) is -1.31. The number of aliphatic hydroxyl groups excluding tert-OH is 1. The number of nitrogens with zero attached hydrogens (tertiary/aromatic N) is 2. The summed E-state index contributed by atoms with van der Waals surface area (Å²) in [6.45, 7) is 0.457. The lowest BCUT2D eigenvalue weighted by Gasteiger charge is -2.38. The van der Waals surface area contributed by atoms with E-state index in [9.17, 15) is 18.3 Å². The van der Waals surface area contributed by atoms with Crippen LogP contribution < -0.4 is 0 Å². The van der Waals surface area contributed by atoms with Crippen molar-refractivity contribution in [3.05, 3.63) is 0 Å². The maximum Gasteiger partial charge on any atom is 0.306 e. The second-order valence-corrected chi connectivity index (χ2v) is 7.94. The van der Waals surface area contributed by atoms with Crippen molar-refractivity contribution in [1.29, 1.82) is 0 Å². The SMILES string of the molecule is CN(C1CCCCC1O)S(=O)(=O)N1CCC(C(=O)O)CC1. The molecule has 1 aliphatic heterocycles. The zero-order valence-electron chi connectivity index (χ0n) is 12.3. The summed E-state index contributed by atoms with van der Waals surface area (Å²) < 4.78 is 27.8. The lowest BCUT2D eigenvalue weighted by molar-refractivity contribution is -0.142. The number of aliphatic hydroxyl groups is 1. The van der Waals surface area contributed by atoms with Gasteiger partial charge < -0.3 is 10.2 Å². The molecule has 1 saturated carbocycles. The summed E-state index contributed by atoms with van der Waals surface area (Å²) in [7, 11) is -2.12. The van der Waals surface area contributed by atoms with E-state index >= 15 is 0 Å². The van der Waals surface area contributed by atoms with Crippen LogP contribution in [0.5, 0.6) is 0 Å². The minimum absolute atomic E-state index is 0.229. The molecular formula is C13H24N2O5S. The molecule has 0 bridgehead atoms. The Morgan fingerprint density at radius 3 is 2.24 bits per heavy atom. The number of carboxylic acid groups (broad SMARTS) is 1. The second-order valence-electron chi connectivity index (χ2n) is 5.95. The fourth-order valence-corrected chi connectivity index (χ4v) is 4.83. The highest BCUT2D eigenvalue weighted by atomic mass is 32.2. The van der Waals surface area contributed by atoms with Gasteiger partial charge in [-0.1, -0.05) is 12.8 Å². The van der Waals surface area contributed by atoms with Gasteiger partial charge in [0.1, 0.15) is 0 Å². The van der Waals surface area contributed by atoms with Crippen molar-refractivity contribution in [2.45, 2.75) is 50.7 Å². The molecule has 0 spiro atoms. The molecule has 0 amide bonds. The van der Waals surface area contributed by atoms with Gasteiger partial charge in [-0.25, -0.2) is 0 Å². The third kappa shape index (κ3) is 3.56. The van der Waals surface area contributed by atoms with Crippen LogP contribution in [-0.4, -0.2) is 65.5 Å². The highest BCUT2D eigenvalue weighted by Crippen LogP contribution is 2.27. The standard InChI is InChI=1S/C13H24N2O5S/c1-14(11-4-2-3-5-12(11)16)21(19,20)15-8-6-10(7-9-15)13(17)18/h10-12,16H,2-9H2,1H3,(H,17,18). The van der Waals surface area contributed by atoms with E-state index in [2.05, 4.69) is 0 Å². The third-order valence-corrected chi connectivity index (χ3v) is 6.67. The number of hydrogen-bond donors (Lipinski definition) is 2. The quantitative estimate of drug-likeness (QED) is 0.774. The molecule has 2 N–H and O–H groups in total. The first-order chi connectivity index (χ1) is 9.84. The number of piperidine rings is 1. The molecule has 1 aliphatic carbocycles. The van der Waals surface area contributed by atoms with Crippen molar-refractivity contribution in [1.82, 2.24) is 8.61 Å². The molecule has 2 aliphatic rings. The largest absolute Gasteiger partial charge is 0.481 e. The second kappa shape index (κ2) is 6.60. The molecule has 2 fully saturated rings. The van der Waals surface area contributed by atoms with Gasteiger partial charge in [-0.2, -0.15) is 17.0 Å². The van der Waals surface area contributed by atoms with Crippen LogP contribution in [0, 0.1) is 5.92 Å². The molecule has 1 heterocycles. The van der Waals surface area contributed by atoms with E-state index in [1.54, 1.807) is 0 Å². The monoisotopic (exact) mass is 320 g/mol. The number of carbonyl (C=O) groups is 1. The number of carboxylic acids is 1. The normalized spacial score (nSPS) is 29.7.